The van der Waals surface area contributed by atoms with Gasteiger partial charge in [0.05, 0.1) is 12.5 Å². The molecule has 9 nitrogen and oxygen atoms in total. The van der Waals surface area contributed by atoms with E-state index in [1.165, 1.54) is 18.2 Å². The number of benzene rings is 2. The van der Waals surface area contributed by atoms with Crippen LogP contribution in [0.1, 0.15) is 58.1 Å². The maximum absolute atomic E-state index is 13.6. The highest BCUT2D eigenvalue weighted by Crippen LogP contribution is 2.19. The van der Waals surface area contributed by atoms with Crippen LogP contribution in [0, 0.1) is 23.6 Å². The fourth-order valence-corrected chi connectivity index (χ4v) is 4.32. The predicted octanol–water partition coefficient (Wildman–Crippen LogP) is 3.23. The Bertz CT molecular complexity index is 1200. The Balaban J connectivity index is 2.12. The SMILES string of the molecule is CC[C@H](C)C(NC(=O)[C@@H](CC(=O)OCc1ccccc1)CC(C)C)C(=O)C(=O)N[C@@H](Cc1cccc(F)c1)C(N)=O. The van der Waals surface area contributed by atoms with Crippen LogP contribution >= 0.6 is 0 Å². The van der Waals surface area contributed by atoms with E-state index < -0.39 is 59.2 Å². The second-order valence-corrected chi connectivity index (χ2v) is 10.7. The molecule has 0 bridgehead atoms. The molecule has 4 atom stereocenters. The van der Waals surface area contributed by atoms with Gasteiger partial charge in [-0.15, -0.1) is 0 Å². The molecule has 0 aliphatic rings. The van der Waals surface area contributed by atoms with Gasteiger partial charge >= 0.3 is 5.97 Å². The first-order valence-corrected chi connectivity index (χ1v) is 13.8. The number of amides is 3. The van der Waals surface area contributed by atoms with E-state index in [4.69, 9.17) is 10.5 Å². The lowest BCUT2D eigenvalue weighted by molar-refractivity contribution is -0.149. The van der Waals surface area contributed by atoms with E-state index in [2.05, 4.69) is 10.6 Å². The van der Waals surface area contributed by atoms with Crippen LogP contribution in [0.4, 0.5) is 4.39 Å². The Kier molecular flexibility index (Phi) is 13.1. The predicted molar refractivity (Wildman–Crippen MR) is 151 cm³/mol. The molecule has 222 valence electrons. The highest BCUT2D eigenvalue weighted by molar-refractivity contribution is 6.38. The van der Waals surface area contributed by atoms with Crippen molar-refractivity contribution in [2.75, 3.05) is 0 Å². The lowest BCUT2D eigenvalue weighted by Gasteiger charge is -2.26. The average molecular weight is 570 g/mol. The second kappa shape index (κ2) is 16.2. The van der Waals surface area contributed by atoms with E-state index in [-0.39, 0.29) is 25.4 Å². The number of hydrogen-bond acceptors (Lipinski definition) is 6. The molecule has 0 aromatic heterocycles. The molecule has 0 aliphatic carbocycles. The topological polar surface area (TPSA) is 145 Å². The van der Waals surface area contributed by atoms with Gasteiger partial charge in [-0.3, -0.25) is 24.0 Å². The highest BCUT2D eigenvalue weighted by Gasteiger charge is 2.35. The first kappa shape index (κ1) is 33.1. The van der Waals surface area contributed by atoms with Crippen molar-refractivity contribution in [3.63, 3.8) is 0 Å². The number of nitrogens with two attached hydrogens (primary N) is 1. The van der Waals surface area contributed by atoms with Crippen LogP contribution in [0.5, 0.6) is 0 Å². The van der Waals surface area contributed by atoms with Crippen molar-refractivity contribution < 1.29 is 33.1 Å². The molecule has 3 amide bonds. The minimum absolute atomic E-state index is 0.0628. The van der Waals surface area contributed by atoms with Crippen molar-refractivity contribution in [2.45, 2.75) is 72.1 Å². The van der Waals surface area contributed by atoms with E-state index in [0.29, 0.717) is 18.4 Å². The normalized spacial score (nSPS) is 13.9. The first-order chi connectivity index (χ1) is 19.4. The number of primary amides is 1. The van der Waals surface area contributed by atoms with Gasteiger partial charge in [0.25, 0.3) is 5.91 Å². The van der Waals surface area contributed by atoms with Gasteiger partial charge in [-0.25, -0.2) is 4.39 Å². The molecule has 0 aliphatic heterocycles. The van der Waals surface area contributed by atoms with Crippen molar-refractivity contribution in [3.05, 3.63) is 71.5 Å². The summed E-state index contributed by atoms with van der Waals surface area (Å²) in [5.41, 5.74) is 6.65. The van der Waals surface area contributed by atoms with Crippen molar-refractivity contribution in [1.82, 2.24) is 10.6 Å². The van der Waals surface area contributed by atoms with Gasteiger partial charge in [-0.1, -0.05) is 76.6 Å². The maximum Gasteiger partial charge on any atom is 0.306 e. The number of Topliss-reactive ketones (excluding diaryl/α,β-unsaturated/α-hetero) is 1. The van der Waals surface area contributed by atoms with Crippen LogP contribution in [0.25, 0.3) is 0 Å². The Morgan fingerprint density at radius 2 is 1.59 bits per heavy atom. The standard InChI is InChI=1S/C31H40FN3O6/c1-5-20(4)27(28(37)31(40)34-25(29(33)38)16-22-12-9-13-24(32)15-22)35-30(39)23(14-19(2)3)17-26(36)41-18-21-10-7-6-8-11-21/h6-13,15,19-20,23,25,27H,5,14,16-18H2,1-4H3,(H2,33,38)(H,34,40)(H,35,39)/t20-,23+,25-,27?/m0/s1. The molecule has 0 fully saturated rings. The minimum atomic E-state index is -1.27. The lowest BCUT2D eigenvalue weighted by atomic mass is 9.90. The summed E-state index contributed by atoms with van der Waals surface area (Å²) >= 11 is 0. The van der Waals surface area contributed by atoms with Gasteiger partial charge < -0.3 is 21.1 Å². The Hall–Kier alpha value is -4.08. The molecule has 2 aromatic carbocycles. The first-order valence-electron chi connectivity index (χ1n) is 13.8. The molecular weight excluding hydrogens is 529 g/mol. The molecule has 0 heterocycles. The van der Waals surface area contributed by atoms with E-state index in [1.807, 2.05) is 44.2 Å². The summed E-state index contributed by atoms with van der Waals surface area (Å²) in [5.74, 6) is -5.73. The van der Waals surface area contributed by atoms with E-state index in [0.717, 1.165) is 5.56 Å². The summed E-state index contributed by atoms with van der Waals surface area (Å²) in [6.07, 6.45) is 0.508. The van der Waals surface area contributed by atoms with E-state index >= 15 is 0 Å². The zero-order valence-corrected chi connectivity index (χ0v) is 24.0. The minimum Gasteiger partial charge on any atom is -0.461 e. The number of hydrogen-bond donors (Lipinski definition) is 3. The number of esters is 1. The van der Waals surface area contributed by atoms with Crippen LogP contribution in [0.2, 0.25) is 0 Å². The van der Waals surface area contributed by atoms with Gasteiger partial charge in [0, 0.05) is 12.3 Å². The van der Waals surface area contributed by atoms with Gasteiger partial charge in [0.15, 0.2) is 0 Å². The van der Waals surface area contributed by atoms with Crippen LogP contribution in [0.3, 0.4) is 0 Å². The molecule has 0 saturated carbocycles. The van der Waals surface area contributed by atoms with Gasteiger partial charge in [-0.2, -0.15) is 0 Å². The number of halogens is 1. The van der Waals surface area contributed by atoms with Crippen LogP contribution < -0.4 is 16.4 Å². The molecule has 10 heteroatoms. The Labute approximate surface area is 240 Å². The van der Waals surface area contributed by atoms with Crippen LogP contribution in [0.15, 0.2) is 54.6 Å². The van der Waals surface area contributed by atoms with Crippen molar-refractivity contribution in [2.24, 2.45) is 23.5 Å². The summed E-state index contributed by atoms with van der Waals surface area (Å²) in [5, 5.41) is 5.00. The third kappa shape index (κ3) is 11.1. The van der Waals surface area contributed by atoms with Gasteiger partial charge in [-0.05, 0) is 41.5 Å². The van der Waals surface area contributed by atoms with Crippen LogP contribution in [-0.4, -0.2) is 41.6 Å². The number of ketones is 1. The summed E-state index contributed by atoms with van der Waals surface area (Å²) in [6, 6.07) is 12.1. The summed E-state index contributed by atoms with van der Waals surface area (Å²) in [4.78, 5) is 64.1. The second-order valence-electron chi connectivity index (χ2n) is 10.7. The third-order valence-corrected chi connectivity index (χ3v) is 6.78. The van der Waals surface area contributed by atoms with E-state index in [1.54, 1.807) is 19.9 Å². The van der Waals surface area contributed by atoms with Gasteiger partial charge in [0.2, 0.25) is 17.6 Å². The zero-order valence-electron chi connectivity index (χ0n) is 24.0. The lowest BCUT2D eigenvalue weighted by Crippen LogP contribution is -2.55. The van der Waals surface area contributed by atoms with Crippen molar-refractivity contribution in [3.8, 4) is 0 Å². The van der Waals surface area contributed by atoms with Crippen molar-refractivity contribution in [1.29, 1.82) is 0 Å². The Morgan fingerprint density at radius 1 is 0.927 bits per heavy atom. The smallest absolute Gasteiger partial charge is 0.306 e. The summed E-state index contributed by atoms with van der Waals surface area (Å²) < 4.78 is 18.9. The van der Waals surface area contributed by atoms with Crippen molar-refractivity contribution >= 4 is 29.5 Å². The maximum atomic E-state index is 13.6. The van der Waals surface area contributed by atoms with Gasteiger partial charge in [0.1, 0.15) is 18.5 Å². The Morgan fingerprint density at radius 3 is 2.17 bits per heavy atom. The molecule has 2 aromatic rings. The molecule has 1 unspecified atom stereocenters. The molecular formula is C31H40FN3O6. The zero-order chi connectivity index (χ0) is 30.5. The number of carbonyl (C=O) groups excluding carboxylic acids is 5. The summed E-state index contributed by atoms with van der Waals surface area (Å²) in [6.45, 7) is 7.39. The molecule has 41 heavy (non-hydrogen) atoms. The quantitative estimate of drug-likeness (QED) is 0.209. The molecule has 4 N–H and O–H groups in total. The average Bonchev–Trinajstić information content (AvgIpc) is 2.93. The molecule has 2 rings (SSSR count). The van der Waals surface area contributed by atoms with E-state index in [9.17, 15) is 28.4 Å². The summed E-state index contributed by atoms with van der Waals surface area (Å²) in [7, 11) is 0. The monoisotopic (exact) mass is 569 g/mol. The number of carbonyl (C=O) groups is 5. The fourth-order valence-electron chi connectivity index (χ4n) is 4.32. The largest absolute Gasteiger partial charge is 0.461 e. The number of nitrogens with one attached hydrogen (secondary N) is 2. The number of ether oxygens (including phenoxy) is 1. The third-order valence-electron chi connectivity index (χ3n) is 6.78. The molecule has 0 radical (unpaired) electrons. The highest BCUT2D eigenvalue weighted by atomic mass is 19.1. The number of rotatable bonds is 16. The fraction of sp³-hybridized carbons (Fsp3) is 0.452. The van der Waals surface area contributed by atoms with Crippen LogP contribution in [-0.2, 0) is 41.7 Å². The molecule has 0 saturated heterocycles. The molecule has 0 spiro atoms.